The summed E-state index contributed by atoms with van der Waals surface area (Å²) in [5.74, 6) is 0.818. The van der Waals surface area contributed by atoms with Crippen LogP contribution in [-0.4, -0.2) is 25.8 Å². The molecule has 0 saturated carbocycles. The van der Waals surface area contributed by atoms with Gasteiger partial charge in [-0.2, -0.15) is 22.7 Å². The van der Waals surface area contributed by atoms with Gasteiger partial charge in [-0.15, -0.1) is 0 Å². The first kappa shape index (κ1) is 17.9. The molecule has 23 heavy (non-hydrogen) atoms. The summed E-state index contributed by atoms with van der Waals surface area (Å²) in [6.07, 6.45) is 1.82. The van der Waals surface area contributed by atoms with Gasteiger partial charge in [-0.25, -0.2) is 0 Å². The van der Waals surface area contributed by atoms with Crippen LogP contribution in [0.2, 0.25) is 0 Å². The molecule has 2 rings (SSSR count). The molecule has 1 aliphatic heterocycles. The number of nitrogens with zero attached hydrogens (tertiary/aromatic N) is 2. The average molecular weight is 335 g/mol. The van der Waals surface area contributed by atoms with Crippen molar-refractivity contribution in [3.63, 3.8) is 0 Å². The molecule has 0 aliphatic carbocycles. The average Bonchev–Trinajstić information content (AvgIpc) is 2.53. The van der Waals surface area contributed by atoms with Crippen LogP contribution in [0.15, 0.2) is 18.2 Å². The minimum atomic E-state index is -3.44. The first-order chi connectivity index (χ1) is 10.8. The lowest BCUT2D eigenvalue weighted by Gasteiger charge is -2.29. The lowest BCUT2D eigenvalue weighted by Crippen LogP contribution is -2.44. The van der Waals surface area contributed by atoms with E-state index in [1.807, 2.05) is 26.0 Å². The van der Waals surface area contributed by atoms with Crippen molar-refractivity contribution in [2.75, 3.05) is 13.1 Å². The van der Waals surface area contributed by atoms with Crippen LogP contribution in [0.1, 0.15) is 56.2 Å². The van der Waals surface area contributed by atoms with E-state index in [9.17, 15) is 8.42 Å². The number of benzene rings is 1. The van der Waals surface area contributed by atoms with Crippen LogP contribution in [0.4, 0.5) is 0 Å². The molecule has 5 nitrogen and oxygen atoms in total. The zero-order valence-electron chi connectivity index (χ0n) is 14.0. The highest BCUT2D eigenvalue weighted by molar-refractivity contribution is 7.87. The van der Waals surface area contributed by atoms with Crippen LogP contribution in [0.5, 0.6) is 0 Å². The first-order valence-corrected chi connectivity index (χ1v) is 9.55. The number of hydrogen-bond acceptors (Lipinski definition) is 3. The Labute approximate surface area is 139 Å². The fourth-order valence-electron chi connectivity index (χ4n) is 2.79. The Balaban J connectivity index is 2.05. The van der Waals surface area contributed by atoms with Crippen molar-refractivity contribution in [2.45, 2.75) is 46.1 Å². The Kier molecular flexibility index (Phi) is 5.79. The highest BCUT2D eigenvalue weighted by atomic mass is 32.2. The van der Waals surface area contributed by atoms with E-state index in [0.717, 1.165) is 24.0 Å². The molecule has 1 fully saturated rings. The van der Waals surface area contributed by atoms with Crippen LogP contribution in [0, 0.1) is 17.2 Å². The summed E-state index contributed by atoms with van der Waals surface area (Å²) in [5, 5.41) is 9.14. The van der Waals surface area contributed by atoms with Gasteiger partial charge in [-0.05, 0) is 41.9 Å². The third kappa shape index (κ3) is 4.54. The quantitative estimate of drug-likeness (QED) is 0.899. The predicted molar refractivity (Wildman–Crippen MR) is 91.0 cm³/mol. The summed E-state index contributed by atoms with van der Waals surface area (Å²) in [6, 6.07) is 7.68. The van der Waals surface area contributed by atoms with Crippen LogP contribution in [0.25, 0.3) is 0 Å². The van der Waals surface area contributed by atoms with Gasteiger partial charge >= 0.3 is 0 Å². The molecule has 1 N–H and O–H groups in total. The topological polar surface area (TPSA) is 73.2 Å². The zero-order chi connectivity index (χ0) is 17.0. The van der Waals surface area contributed by atoms with Crippen molar-refractivity contribution in [1.82, 2.24) is 9.03 Å². The van der Waals surface area contributed by atoms with E-state index < -0.39 is 10.2 Å². The molecule has 0 atom stereocenters. The Morgan fingerprint density at radius 2 is 2.00 bits per heavy atom. The maximum atomic E-state index is 12.4. The number of rotatable bonds is 5. The van der Waals surface area contributed by atoms with Crippen LogP contribution >= 0.6 is 0 Å². The van der Waals surface area contributed by atoms with Gasteiger partial charge in [0.05, 0.1) is 11.6 Å². The second-order valence-corrected chi connectivity index (χ2v) is 8.35. The van der Waals surface area contributed by atoms with Crippen LogP contribution < -0.4 is 4.72 Å². The van der Waals surface area contributed by atoms with Crippen molar-refractivity contribution in [1.29, 1.82) is 5.26 Å². The Morgan fingerprint density at radius 1 is 1.35 bits per heavy atom. The summed E-state index contributed by atoms with van der Waals surface area (Å²) in [7, 11) is -3.44. The van der Waals surface area contributed by atoms with E-state index >= 15 is 0 Å². The Hall–Kier alpha value is -1.42. The minimum Gasteiger partial charge on any atom is -0.198 e. The maximum absolute atomic E-state index is 12.4. The molecule has 0 unspecified atom stereocenters. The molecule has 0 amide bonds. The van der Waals surface area contributed by atoms with E-state index in [1.165, 1.54) is 4.31 Å². The molecule has 0 radical (unpaired) electrons. The normalized spacial score (nSPS) is 17.3. The van der Waals surface area contributed by atoms with Crippen molar-refractivity contribution in [3.8, 4) is 6.07 Å². The van der Waals surface area contributed by atoms with Crippen molar-refractivity contribution in [3.05, 3.63) is 34.9 Å². The van der Waals surface area contributed by atoms with E-state index in [4.69, 9.17) is 5.26 Å². The smallest absolute Gasteiger partial charge is 0.198 e. The van der Waals surface area contributed by atoms with Crippen molar-refractivity contribution < 1.29 is 8.42 Å². The molecule has 1 saturated heterocycles. The highest BCUT2D eigenvalue weighted by Crippen LogP contribution is 2.21. The zero-order valence-corrected chi connectivity index (χ0v) is 14.9. The third-order valence-corrected chi connectivity index (χ3v) is 5.95. The monoisotopic (exact) mass is 335 g/mol. The highest BCUT2D eigenvalue weighted by Gasteiger charge is 2.25. The number of piperidine rings is 1. The number of nitriles is 1. The molecule has 1 heterocycles. The van der Waals surface area contributed by atoms with Crippen molar-refractivity contribution in [2.24, 2.45) is 5.92 Å². The van der Waals surface area contributed by atoms with Crippen molar-refractivity contribution >= 4 is 10.2 Å². The fourth-order valence-corrected chi connectivity index (χ4v) is 4.02. The van der Waals surface area contributed by atoms with Crippen LogP contribution in [0.3, 0.4) is 0 Å². The minimum absolute atomic E-state index is 0.227. The second-order valence-electron chi connectivity index (χ2n) is 6.60. The van der Waals surface area contributed by atoms with E-state index in [2.05, 4.69) is 17.7 Å². The second kappa shape index (κ2) is 7.43. The summed E-state index contributed by atoms with van der Waals surface area (Å²) in [6.45, 7) is 7.63. The predicted octanol–water partition coefficient (Wildman–Crippen LogP) is 2.75. The first-order valence-electron chi connectivity index (χ1n) is 8.11. The largest absolute Gasteiger partial charge is 0.279 e. The molecule has 1 aliphatic rings. The third-order valence-electron chi connectivity index (χ3n) is 4.40. The lowest BCUT2D eigenvalue weighted by atomic mass is 9.96. The molecular weight excluding hydrogens is 310 g/mol. The molecule has 0 aromatic heterocycles. The van der Waals surface area contributed by atoms with Gasteiger partial charge in [0.2, 0.25) is 0 Å². The van der Waals surface area contributed by atoms with E-state index in [0.29, 0.717) is 24.6 Å². The van der Waals surface area contributed by atoms with Gasteiger partial charge in [-0.1, -0.05) is 32.9 Å². The molecular formula is C17H25N3O2S. The van der Waals surface area contributed by atoms with Crippen LogP contribution in [-0.2, 0) is 16.8 Å². The summed E-state index contributed by atoms with van der Waals surface area (Å²) >= 11 is 0. The Morgan fingerprint density at radius 3 is 2.57 bits per heavy atom. The summed E-state index contributed by atoms with van der Waals surface area (Å²) in [4.78, 5) is 0. The summed E-state index contributed by atoms with van der Waals surface area (Å²) < 4.78 is 28.9. The number of hydrogen-bond donors (Lipinski definition) is 1. The standard InChI is InChI=1S/C17H25N3O2S/c1-13(2)17-10-15(4-5-16(17)11-18)12-19-23(21,22)20-8-6-14(3)7-9-20/h4-5,10,13-14,19H,6-9,12H2,1-3H3. The van der Waals surface area contributed by atoms with Gasteiger partial charge < -0.3 is 0 Å². The molecule has 126 valence electrons. The SMILES string of the molecule is CC1CCN(S(=O)(=O)NCc2ccc(C#N)c(C(C)C)c2)CC1. The van der Waals surface area contributed by atoms with Gasteiger partial charge in [0.1, 0.15) is 0 Å². The summed E-state index contributed by atoms with van der Waals surface area (Å²) in [5.41, 5.74) is 2.48. The molecule has 6 heteroatoms. The van der Waals surface area contributed by atoms with E-state index in [1.54, 1.807) is 6.07 Å². The van der Waals surface area contributed by atoms with Gasteiger partial charge in [-0.3, -0.25) is 0 Å². The van der Waals surface area contributed by atoms with Gasteiger partial charge in [0.25, 0.3) is 10.2 Å². The molecule has 1 aromatic rings. The Bertz CT molecular complexity index is 684. The maximum Gasteiger partial charge on any atom is 0.279 e. The van der Waals surface area contributed by atoms with Gasteiger partial charge in [0.15, 0.2) is 0 Å². The lowest BCUT2D eigenvalue weighted by molar-refractivity contribution is 0.285. The molecule has 0 spiro atoms. The fraction of sp³-hybridized carbons (Fsp3) is 0.588. The van der Waals surface area contributed by atoms with Gasteiger partial charge in [0, 0.05) is 19.6 Å². The molecule has 0 bridgehead atoms. The van der Waals surface area contributed by atoms with E-state index in [-0.39, 0.29) is 12.5 Å². The molecule has 1 aromatic carbocycles. The number of nitrogens with one attached hydrogen (secondary N) is 1.